The highest BCUT2D eigenvalue weighted by atomic mass is 32.2. The summed E-state index contributed by atoms with van der Waals surface area (Å²) in [6.45, 7) is 4.57. The van der Waals surface area contributed by atoms with Crippen LogP contribution >= 0.6 is 0 Å². The summed E-state index contributed by atoms with van der Waals surface area (Å²) in [5.41, 5.74) is 2.26. The molecule has 2 N–H and O–H groups in total. The van der Waals surface area contributed by atoms with Crippen molar-refractivity contribution >= 4 is 21.6 Å². The Morgan fingerprint density at radius 2 is 1.70 bits per heavy atom. The molecule has 1 saturated heterocycles. The van der Waals surface area contributed by atoms with Crippen LogP contribution in [-0.4, -0.2) is 43.5 Å². The summed E-state index contributed by atoms with van der Waals surface area (Å²) in [4.78, 5) is 14.8. The molecule has 0 bridgehead atoms. The van der Waals surface area contributed by atoms with E-state index in [1.165, 1.54) is 0 Å². The topological polar surface area (TPSA) is 86.7 Å². The lowest BCUT2D eigenvalue weighted by Gasteiger charge is -2.30. The molecule has 2 aromatic rings. The van der Waals surface area contributed by atoms with Gasteiger partial charge in [-0.3, -0.25) is 9.52 Å². The van der Waals surface area contributed by atoms with Crippen LogP contribution in [0.2, 0.25) is 0 Å². The number of benzene rings is 2. The van der Waals surface area contributed by atoms with E-state index in [2.05, 4.69) is 4.72 Å². The van der Waals surface area contributed by atoms with Crippen molar-refractivity contribution in [3.8, 4) is 0 Å². The third-order valence-electron chi connectivity index (χ3n) is 4.82. The van der Waals surface area contributed by atoms with E-state index in [0.29, 0.717) is 42.7 Å². The van der Waals surface area contributed by atoms with Crippen LogP contribution in [0.15, 0.2) is 47.4 Å². The van der Waals surface area contributed by atoms with Crippen LogP contribution in [0.25, 0.3) is 0 Å². The first-order chi connectivity index (χ1) is 12.8. The van der Waals surface area contributed by atoms with Crippen molar-refractivity contribution in [3.05, 3.63) is 59.2 Å². The van der Waals surface area contributed by atoms with Crippen LogP contribution in [0.5, 0.6) is 0 Å². The Morgan fingerprint density at radius 1 is 1.07 bits per heavy atom. The Bertz CT molecular complexity index is 931. The smallest absolute Gasteiger partial charge is 0.261 e. The first kappa shape index (κ1) is 19.4. The second kappa shape index (κ2) is 7.70. The quantitative estimate of drug-likeness (QED) is 0.843. The van der Waals surface area contributed by atoms with Crippen LogP contribution in [-0.2, 0) is 10.0 Å². The summed E-state index contributed by atoms with van der Waals surface area (Å²) < 4.78 is 28.2. The van der Waals surface area contributed by atoms with Gasteiger partial charge in [-0.25, -0.2) is 8.42 Å². The standard InChI is InChI=1S/C20H24N2O4S/c1-14-6-8-17(9-7-14)27(25,26)21-19-15(2)4-3-5-18(19)20(24)22-12-10-16(23)11-13-22/h3-9,16,21,23H,10-13H2,1-2H3. The summed E-state index contributed by atoms with van der Waals surface area (Å²) in [6.07, 6.45) is 0.676. The maximum Gasteiger partial charge on any atom is 0.261 e. The number of aliphatic hydroxyl groups excluding tert-OH is 1. The summed E-state index contributed by atoms with van der Waals surface area (Å²) >= 11 is 0. The van der Waals surface area contributed by atoms with Gasteiger partial charge in [0, 0.05) is 13.1 Å². The molecule has 1 heterocycles. The maximum atomic E-state index is 13.0. The summed E-state index contributed by atoms with van der Waals surface area (Å²) in [5, 5.41) is 9.65. The van der Waals surface area contributed by atoms with Gasteiger partial charge in [-0.15, -0.1) is 0 Å². The molecule has 1 aliphatic heterocycles. The van der Waals surface area contributed by atoms with Crippen molar-refractivity contribution in [2.75, 3.05) is 17.8 Å². The van der Waals surface area contributed by atoms with Gasteiger partial charge in [-0.1, -0.05) is 29.8 Å². The number of nitrogens with zero attached hydrogens (tertiary/aromatic N) is 1. The van der Waals surface area contributed by atoms with Crippen molar-refractivity contribution in [1.82, 2.24) is 4.90 Å². The monoisotopic (exact) mass is 388 g/mol. The minimum Gasteiger partial charge on any atom is -0.393 e. The molecule has 27 heavy (non-hydrogen) atoms. The van der Waals surface area contributed by atoms with Gasteiger partial charge in [-0.05, 0) is 50.5 Å². The lowest BCUT2D eigenvalue weighted by molar-refractivity contribution is 0.0547. The average molecular weight is 388 g/mol. The Morgan fingerprint density at radius 3 is 2.33 bits per heavy atom. The van der Waals surface area contributed by atoms with E-state index in [1.807, 2.05) is 6.92 Å². The minimum absolute atomic E-state index is 0.149. The molecular weight excluding hydrogens is 364 g/mol. The van der Waals surface area contributed by atoms with E-state index in [9.17, 15) is 18.3 Å². The Kier molecular flexibility index (Phi) is 5.53. The summed E-state index contributed by atoms with van der Waals surface area (Å²) in [6, 6.07) is 11.7. The average Bonchev–Trinajstić information content (AvgIpc) is 2.64. The zero-order chi connectivity index (χ0) is 19.6. The summed E-state index contributed by atoms with van der Waals surface area (Å²) in [5.74, 6) is -0.229. The highest BCUT2D eigenvalue weighted by Crippen LogP contribution is 2.26. The predicted octanol–water partition coefficient (Wildman–Crippen LogP) is 2.70. The van der Waals surface area contributed by atoms with E-state index < -0.39 is 10.0 Å². The Balaban J connectivity index is 1.92. The number of para-hydroxylation sites is 1. The number of hydrogen-bond acceptors (Lipinski definition) is 4. The number of amides is 1. The van der Waals surface area contributed by atoms with Crippen molar-refractivity contribution in [1.29, 1.82) is 0 Å². The number of aliphatic hydroxyl groups is 1. The van der Waals surface area contributed by atoms with Gasteiger partial charge >= 0.3 is 0 Å². The molecule has 7 heteroatoms. The van der Waals surface area contributed by atoms with Crippen LogP contribution in [0, 0.1) is 13.8 Å². The largest absolute Gasteiger partial charge is 0.393 e. The second-order valence-corrected chi connectivity index (χ2v) is 8.62. The lowest BCUT2D eigenvalue weighted by atomic mass is 10.0. The van der Waals surface area contributed by atoms with E-state index in [4.69, 9.17) is 0 Å². The van der Waals surface area contributed by atoms with Crippen LogP contribution < -0.4 is 4.72 Å². The van der Waals surface area contributed by atoms with Gasteiger partial charge in [-0.2, -0.15) is 0 Å². The normalized spacial score (nSPS) is 15.6. The number of carbonyl (C=O) groups is 1. The molecule has 0 atom stereocenters. The predicted molar refractivity (Wildman–Crippen MR) is 104 cm³/mol. The molecule has 0 unspecified atom stereocenters. The fraction of sp³-hybridized carbons (Fsp3) is 0.350. The van der Waals surface area contributed by atoms with Crippen molar-refractivity contribution < 1.29 is 18.3 Å². The first-order valence-electron chi connectivity index (χ1n) is 8.94. The number of hydrogen-bond donors (Lipinski definition) is 2. The zero-order valence-electron chi connectivity index (χ0n) is 15.5. The van der Waals surface area contributed by atoms with E-state index in [-0.39, 0.29) is 16.9 Å². The van der Waals surface area contributed by atoms with Crippen LogP contribution in [0.1, 0.15) is 34.3 Å². The molecule has 144 valence electrons. The number of anilines is 1. The number of nitrogens with one attached hydrogen (secondary N) is 1. The third kappa shape index (κ3) is 4.31. The molecule has 6 nitrogen and oxygen atoms in total. The molecule has 0 radical (unpaired) electrons. The third-order valence-corrected chi connectivity index (χ3v) is 6.19. The van der Waals surface area contributed by atoms with Crippen molar-refractivity contribution in [3.63, 3.8) is 0 Å². The molecule has 2 aromatic carbocycles. The van der Waals surface area contributed by atoms with Gasteiger partial charge in [0.15, 0.2) is 0 Å². The van der Waals surface area contributed by atoms with Gasteiger partial charge in [0.1, 0.15) is 0 Å². The number of aryl methyl sites for hydroxylation is 2. The molecular formula is C20H24N2O4S. The molecule has 0 aliphatic carbocycles. The number of carbonyl (C=O) groups excluding carboxylic acids is 1. The fourth-order valence-corrected chi connectivity index (χ4v) is 4.28. The molecule has 0 aromatic heterocycles. The minimum atomic E-state index is -3.81. The van der Waals surface area contributed by atoms with Gasteiger partial charge in [0.2, 0.25) is 0 Å². The first-order valence-corrected chi connectivity index (χ1v) is 10.4. The number of sulfonamides is 1. The second-order valence-electron chi connectivity index (χ2n) is 6.94. The summed E-state index contributed by atoms with van der Waals surface area (Å²) in [7, 11) is -3.81. The van der Waals surface area contributed by atoms with Gasteiger partial charge in [0.05, 0.1) is 22.3 Å². The number of piperidine rings is 1. The van der Waals surface area contributed by atoms with Crippen LogP contribution in [0.3, 0.4) is 0 Å². The molecule has 1 aliphatic rings. The van der Waals surface area contributed by atoms with Crippen molar-refractivity contribution in [2.24, 2.45) is 0 Å². The van der Waals surface area contributed by atoms with E-state index in [1.54, 1.807) is 54.3 Å². The highest BCUT2D eigenvalue weighted by Gasteiger charge is 2.26. The maximum absolute atomic E-state index is 13.0. The SMILES string of the molecule is Cc1ccc(S(=O)(=O)Nc2c(C)cccc2C(=O)N2CCC(O)CC2)cc1. The molecule has 1 amide bonds. The van der Waals surface area contributed by atoms with E-state index in [0.717, 1.165) is 5.56 Å². The Hall–Kier alpha value is -2.38. The van der Waals surface area contributed by atoms with Crippen LogP contribution in [0.4, 0.5) is 5.69 Å². The molecule has 0 spiro atoms. The Labute approximate surface area is 159 Å². The number of rotatable bonds is 4. The lowest BCUT2D eigenvalue weighted by Crippen LogP contribution is -2.40. The van der Waals surface area contributed by atoms with E-state index >= 15 is 0 Å². The van der Waals surface area contributed by atoms with Crippen molar-refractivity contribution in [2.45, 2.75) is 37.7 Å². The molecule has 1 fully saturated rings. The molecule has 0 saturated carbocycles. The highest BCUT2D eigenvalue weighted by molar-refractivity contribution is 7.92. The van der Waals surface area contributed by atoms with Gasteiger partial charge in [0.25, 0.3) is 15.9 Å². The molecule has 3 rings (SSSR count). The fourth-order valence-electron chi connectivity index (χ4n) is 3.13. The van der Waals surface area contributed by atoms with Gasteiger partial charge < -0.3 is 10.0 Å². The number of likely N-dealkylation sites (tertiary alicyclic amines) is 1. The zero-order valence-corrected chi connectivity index (χ0v) is 16.3.